The lowest BCUT2D eigenvalue weighted by atomic mass is 9.98. The maximum absolute atomic E-state index is 11.1. The molecule has 1 aliphatic heterocycles. The first-order valence-corrected chi connectivity index (χ1v) is 6.82. The molecule has 104 valence electrons. The molecule has 1 atom stereocenters. The van der Waals surface area contributed by atoms with Crippen molar-refractivity contribution in [3.8, 4) is 11.3 Å². The Morgan fingerprint density at radius 1 is 1.35 bits per heavy atom. The number of anilines is 1. The van der Waals surface area contributed by atoms with Crippen LogP contribution in [0.25, 0.3) is 11.3 Å². The third kappa shape index (κ3) is 2.52. The van der Waals surface area contributed by atoms with Gasteiger partial charge in [0.2, 0.25) is 0 Å². The lowest BCUT2D eigenvalue weighted by molar-refractivity contribution is -0.141. The zero-order valence-electron chi connectivity index (χ0n) is 11.1. The number of rotatable bonds is 3. The molecular formula is C15H17N3O2. The highest BCUT2D eigenvalue weighted by atomic mass is 16.4. The smallest absolute Gasteiger partial charge is 0.308 e. The number of nitrogens with one attached hydrogen (secondary N) is 1. The van der Waals surface area contributed by atoms with Crippen molar-refractivity contribution in [3.63, 3.8) is 0 Å². The van der Waals surface area contributed by atoms with Crippen LogP contribution in [-0.4, -0.2) is 34.4 Å². The van der Waals surface area contributed by atoms with Crippen molar-refractivity contribution < 1.29 is 9.90 Å². The Morgan fingerprint density at radius 3 is 2.90 bits per heavy atom. The molecule has 0 radical (unpaired) electrons. The lowest BCUT2D eigenvalue weighted by Crippen LogP contribution is -2.38. The van der Waals surface area contributed by atoms with Crippen LogP contribution in [0.5, 0.6) is 0 Å². The first-order chi connectivity index (χ1) is 9.74. The van der Waals surface area contributed by atoms with Gasteiger partial charge in [0.15, 0.2) is 5.82 Å². The highest BCUT2D eigenvalue weighted by Crippen LogP contribution is 2.25. The molecule has 1 aromatic carbocycles. The molecule has 2 N–H and O–H groups in total. The first-order valence-electron chi connectivity index (χ1n) is 6.82. The Morgan fingerprint density at radius 2 is 2.15 bits per heavy atom. The number of H-pyrrole nitrogens is 1. The second kappa shape index (κ2) is 5.36. The molecule has 0 unspecified atom stereocenters. The number of carboxylic acid groups (broad SMARTS) is 1. The van der Waals surface area contributed by atoms with E-state index in [2.05, 4.69) is 10.2 Å². The third-order valence-corrected chi connectivity index (χ3v) is 3.74. The molecule has 1 aromatic heterocycles. The van der Waals surface area contributed by atoms with Crippen LogP contribution in [0.2, 0.25) is 0 Å². The predicted octanol–water partition coefficient (Wildman–Crippen LogP) is 2.38. The molecule has 20 heavy (non-hydrogen) atoms. The van der Waals surface area contributed by atoms with Crippen LogP contribution in [0, 0.1) is 5.92 Å². The number of hydrogen-bond donors (Lipinski definition) is 2. The van der Waals surface area contributed by atoms with Gasteiger partial charge in [0.05, 0.1) is 11.6 Å². The van der Waals surface area contributed by atoms with Gasteiger partial charge in [0.1, 0.15) is 0 Å². The van der Waals surface area contributed by atoms with Gasteiger partial charge in [-0.15, -0.1) is 0 Å². The maximum Gasteiger partial charge on any atom is 0.308 e. The van der Waals surface area contributed by atoms with E-state index in [0.717, 1.165) is 36.5 Å². The highest BCUT2D eigenvalue weighted by Gasteiger charge is 2.26. The summed E-state index contributed by atoms with van der Waals surface area (Å²) < 4.78 is 0. The van der Waals surface area contributed by atoms with Crippen molar-refractivity contribution in [1.82, 2.24) is 10.2 Å². The van der Waals surface area contributed by atoms with Crippen LogP contribution >= 0.6 is 0 Å². The molecule has 0 spiro atoms. The van der Waals surface area contributed by atoms with E-state index in [1.165, 1.54) is 0 Å². The van der Waals surface area contributed by atoms with E-state index in [1.54, 1.807) is 0 Å². The monoisotopic (exact) mass is 271 g/mol. The number of aromatic amines is 1. The average molecular weight is 271 g/mol. The highest BCUT2D eigenvalue weighted by molar-refractivity contribution is 5.71. The van der Waals surface area contributed by atoms with E-state index in [1.807, 2.05) is 41.3 Å². The molecule has 0 amide bonds. The normalized spacial score (nSPS) is 19.0. The van der Waals surface area contributed by atoms with Crippen molar-refractivity contribution >= 4 is 11.8 Å². The van der Waals surface area contributed by atoms with E-state index in [-0.39, 0.29) is 5.92 Å². The second-order valence-electron chi connectivity index (χ2n) is 5.13. The number of piperidine rings is 1. The van der Waals surface area contributed by atoms with Crippen LogP contribution in [0.4, 0.5) is 5.82 Å². The van der Waals surface area contributed by atoms with Crippen LogP contribution in [-0.2, 0) is 4.79 Å². The zero-order chi connectivity index (χ0) is 13.9. The summed E-state index contributed by atoms with van der Waals surface area (Å²) in [5, 5.41) is 16.5. The van der Waals surface area contributed by atoms with Gasteiger partial charge in [-0.25, -0.2) is 0 Å². The summed E-state index contributed by atoms with van der Waals surface area (Å²) in [6, 6.07) is 12.0. The molecule has 1 aliphatic rings. The van der Waals surface area contributed by atoms with Crippen molar-refractivity contribution in [2.45, 2.75) is 12.8 Å². The van der Waals surface area contributed by atoms with E-state index in [4.69, 9.17) is 5.11 Å². The summed E-state index contributed by atoms with van der Waals surface area (Å²) in [5.74, 6) is -0.177. The number of carbonyl (C=O) groups is 1. The Balaban J connectivity index is 1.78. The lowest BCUT2D eigenvalue weighted by Gasteiger charge is -2.30. The molecule has 3 rings (SSSR count). The van der Waals surface area contributed by atoms with Gasteiger partial charge in [-0.2, -0.15) is 5.10 Å². The van der Waals surface area contributed by atoms with Crippen molar-refractivity contribution in [2.24, 2.45) is 5.92 Å². The number of hydrogen-bond acceptors (Lipinski definition) is 3. The first kappa shape index (κ1) is 12.7. The van der Waals surface area contributed by atoms with E-state index < -0.39 is 5.97 Å². The number of aromatic nitrogens is 2. The minimum Gasteiger partial charge on any atom is -0.481 e. The van der Waals surface area contributed by atoms with E-state index in [9.17, 15) is 4.79 Å². The van der Waals surface area contributed by atoms with Gasteiger partial charge in [-0.1, -0.05) is 30.3 Å². The van der Waals surface area contributed by atoms with Gasteiger partial charge in [-0.05, 0) is 18.4 Å². The summed E-state index contributed by atoms with van der Waals surface area (Å²) in [7, 11) is 0. The number of carboxylic acids is 1. The van der Waals surface area contributed by atoms with Gasteiger partial charge >= 0.3 is 5.97 Å². The fraction of sp³-hybridized carbons (Fsp3) is 0.333. The Bertz CT molecular complexity index is 594. The number of aliphatic carboxylic acids is 1. The number of nitrogens with zero attached hydrogens (tertiary/aromatic N) is 2. The quantitative estimate of drug-likeness (QED) is 0.899. The van der Waals surface area contributed by atoms with Gasteiger partial charge in [0, 0.05) is 19.2 Å². The molecule has 1 fully saturated rings. The van der Waals surface area contributed by atoms with Gasteiger partial charge in [-0.3, -0.25) is 9.89 Å². The minimum absolute atomic E-state index is 0.291. The summed E-state index contributed by atoms with van der Waals surface area (Å²) in [4.78, 5) is 13.1. The van der Waals surface area contributed by atoms with E-state index in [0.29, 0.717) is 6.54 Å². The van der Waals surface area contributed by atoms with E-state index >= 15 is 0 Å². The number of benzene rings is 1. The fourth-order valence-electron chi connectivity index (χ4n) is 2.63. The van der Waals surface area contributed by atoms with Crippen molar-refractivity contribution in [2.75, 3.05) is 18.0 Å². The molecule has 5 heteroatoms. The summed E-state index contributed by atoms with van der Waals surface area (Å²) in [6.07, 6.45) is 1.65. The predicted molar refractivity (Wildman–Crippen MR) is 76.6 cm³/mol. The molecule has 0 bridgehead atoms. The largest absolute Gasteiger partial charge is 0.481 e. The van der Waals surface area contributed by atoms with Crippen LogP contribution in [0.15, 0.2) is 36.4 Å². The molecule has 0 saturated carbocycles. The second-order valence-corrected chi connectivity index (χ2v) is 5.13. The maximum atomic E-state index is 11.1. The molecule has 0 aliphatic carbocycles. The van der Waals surface area contributed by atoms with Crippen molar-refractivity contribution in [1.29, 1.82) is 0 Å². The minimum atomic E-state index is -0.714. The Labute approximate surface area is 117 Å². The molecule has 2 heterocycles. The van der Waals surface area contributed by atoms with Gasteiger partial charge in [0.25, 0.3) is 0 Å². The fourth-order valence-corrected chi connectivity index (χ4v) is 2.63. The molecule has 1 saturated heterocycles. The Kier molecular flexibility index (Phi) is 3.41. The van der Waals surface area contributed by atoms with Gasteiger partial charge < -0.3 is 10.0 Å². The zero-order valence-corrected chi connectivity index (χ0v) is 11.1. The van der Waals surface area contributed by atoms with Crippen LogP contribution < -0.4 is 4.90 Å². The standard InChI is InChI=1S/C15H17N3O2/c19-15(20)12-7-4-8-18(10-12)14-9-13(16-17-14)11-5-2-1-3-6-11/h1-3,5-6,9,12H,4,7-8,10H2,(H,16,17)(H,19,20)/t12-/m0/s1. The summed E-state index contributed by atoms with van der Waals surface area (Å²) >= 11 is 0. The summed E-state index contributed by atoms with van der Waals surface area (Å²) in [5.41, 5.74) is 2.04. The van der Waals surface area contributed by atoms with Crippen molar-refractivity contribution in [3.05, 3.63) is 36.4 Å². The Hall–Kier alpha value is -2.30. The molecule has 5 nitrogen and oxygen atoms in total. The third-order valence-electron chi connectivity index (χ3n) is 3.74. The van der Waals surface area contributed by atoms with Crippen LogP contribution in [0.3, 0.4) is 0 Å². The average Bonchev–Trinajstić information content (AvgIpc) is 2.98. The summed E-state index contributed by atoms with van der Waals surface area (Å²) in [6.45, 7) is 1.40. The molecular weight excluding hydrogens is 254 g/mol. The topological polar surface area (TPSA) is 69.2 Å². The molecule has 2 aromatic rings. The SMILES string of the molecule is O=C(O)[C@H]1CCCN(c2cc(-c3ccccc3)[nH]n2)C1. The van der Waals surface area contributed by atoms with Crippen LogP contribution in [0.1, 0.15) is 12.8 Å².